The van der Waals surface area contributed by atoms with Gasteiger partial charge in [-0.05, 0) is 62.8 Å². The van der Waals surface area contributed by atoms with Crippen molar-refractivity contribution in [1.82, 2.24) is 20.2 Å². The Labute approximate surface area is 191 Å². The first-order valence-electron chi connectivity index (χ1n) is 12.1. The second kappa shape index (κ2) is 10.9. The number of amides is 1. The van der Waals surface area contributed by atoms with Gasteiger partial charge in [-0.2, -0.15) is 0 Å². The Morgan fingerprint density at radius 1 is 1.19 bits per heavy atom. The number of carbonyl (C=O) groups is 1. The van der Waals surface area contributed by atoms with Crippen molar-refractivity contribution in [2.45, 2.75) is 64.3 Å². The van der Waals surface area contributed by atoms with Crippen molar-refractivity contribution in [2.24, 2.45) is 5.92 Å². The Morgan fingerprint density at radius 2 is 2.03 bits per heavy atom. The number of hydrogen-bond acceptors (Lipinski definition) is 5. The zero-order chi connectivity index (χ0) is 22.3. The Balaban J connectivity index is 1.35. The molecule has 172 valence electrons. The number of piperidine rings is 1. The quantitative estimate of drug-likeness (QED) is 0.693. The van der Waals surface area contributed by atoms with Gasteiger partial charge in [-0.3, -0.25) is 4.79 Å². The number of aryl methyl sites for hydroxylation is 1. The van der Waals surface area contributed by atoms with Crippen LogP contribution in [0.5, 0.6) is 5.75 Å². The molecule has 1 aromatic heterocycles. The summed E-state index contributed by atoms with van der Waals surface area (Å²) in [6.45, 7) is 5.80. The van der Waals surface area contributed by atoms with Crippen LogP contribution < -0.4 is 10.1 Å². The molecule has 1 amide bonds. The lowest BCUT2D eigenvalue weighted by Gasteiger charge is -2.35. The van der Waals surface area contributed by atoms with Crippen molar-refractivity contribution < 1.29 is 9.53 Å². The number of methoxy groups -OCH3 is 1. The number of benzene rings is 1. The second-order valence-corrected chi connectivity index (χ2v) is 9.36. The molecule has 1 atom stereocenters. The summed E-state index contributed by atoms with van der Waals surface area (Å²) in [4.78, 5) is 24.7. The predicted molar refractivity (Wildman–Crippen MR) is 126 cm³/mol. The first kappa shape index (κ1) is 22.7. The standard InChI is InChI=1S/C26H36N4O2/c1-19-24(26(31)28-15-21-10-6-12-23(14-21)32-2)16-27-25(29-19)22-11-7-13-30(18-22)17-20-8-4-3-5-9-20/h6,10,12,14,16,20,22H,3-5,7-9,11,13,15,17-18H2,1-2H3,(H,28,31). The fourth-order valence-electron chi connectivity index (χ4n) is 5.13. The van der Waals surface area contributed by atoms with E-state index < -0.39 is 0 Å². The van der Waals surface area contributed by atoms with Crippen LogP contribution in [0.25, 0.3) is 0 Å². The molecule has 0 bridgehead atoms. The molecule has 2 aliphatic rings. The van der Waals surface area contributed by atoms with Crippen molar-refractivity contribution >= 4 is 5.91 Å². The highest BCUT2D eigenvalue weighted by Crippen LogP contribution is 2.29. The number of rotatable bonds is 7. The molecule has 4 rings (SSSR count). The van der Waals surface area contributed by atoms with Gasteiger partial charge >= 0.3 is 0 Å². The summed E-state index contributed by atoms with van der Waals surface area (Å²) >= 11 is 0. The van der Waals surface area contributed by atoms with Gasteiger partial charge in [0.05, 0.1) is 18.4 Å². The molecule has 1 saturated carbocycles. The van der Waals surface area contributed by atoms with Gasteiger partial charge in [0.1, 0.15) is 11.6 Å². The van der Waals surface area contributed by atoms with Gasteiger partial charge in [0.25, 0.3) is 5.91 Å². The highest BCUT2D eigenvalue weighted by molar-refractivity contribution is 5.94. The summed E-state index contributed by atoms with van der Waals surface area (Å²) in [7, 11) is 1.64. The molecule has 6 heteroatoms. The topological polar surface area (TPSA) is 67.3 Å². The van der Waals surface area contributed by atoms with Gasteiger partial charge in [-0.25, -0.2) is 9.97 Å². The molecule has 1 unspecified atom stereocenters. The second-order valence-electron chi connectivity index (χ2n) is 9.36. The van der Waals surface area contributed by atoms with E-state index >= 15 is 0 Å². The fraction of sp³-hybridized carbons (Fsp3) is 0.577. The number of nitrogens with one attached hydrogen (secondary N) is 1. The van der Waals surface area contributed by atoms with Gasteiger partial charge in [0.2, 0.25) is 0 Å². The van der Waals surface area contributed by atoms with Gasteiger partial charge in [-0.15, -0.1) is 0 Å². The van der Waals surface area contributed by atoms with Crippen molar-refractivity contribution in [1.29, 1.82) is 0 Å². The lowest BCUT2D eigenvalue weighted by atomic mass is 9.88. The summed E-state index contributed by atoms with van der Waals surface area (Å²) in [5.74, 6) is 2.76. The Bertz CT molecular complexity index is 910. The van der Waals surface area contributed by atoms with E-state index in [0.29, 0.717) is 18.0 Å². The van der Waals surface area contributed by atoms with E-state index in [0.717, 1.165) is 41.7 Å². The van der Waals surface area contributed by atoms with Crippen LogP contribution in [0.4, 0.5) is 0 Å². The van der Waals surface area contributed by atoms with Crippen molar-refractivity contribution in [2.75, 3.05) is 26.7 Å². The largest absolute Gasteiger partial charge is 0.497 e. The van der Waals surface area contributed by atoms with Crippen LogP contribution >= 0.6 is 0 Å². The van der Waals surface area contributed by atoms with E-state index in [1.165, 1.54) is 51.6 Å². The lowest BCUT2D eigenvalue weighted by molar-refractivity contribution is 0.0949. The van der Waals surface area contributed by atoms with Crippen molar-refractivity contribution in [3.8, 4) is 5.75 Å². The van der Waals surface area contributed by atoms with Crippen LogP contribution in [0.1, 0.15) is 78.3 Å². The fourth-order valence-corrected chi connectivity index (χ4v) is 5.13. The summed E-state index contributed by atoms with van der Waals surface area (Å²) in [5.41, 5.74) is 2.29. The van der Waals surface area contributed by atoms with Gasteiger partial charge in [-0.1, -0.05) is 31.4 Å². The SMILES string of the molecule is COc1cccc(CNC(=O)c2cnc(C3CCCN(CC4CCCCC4)C3)nc2C)c1. The number of ether oxygens (including phenoxy) is 1. The molecule has 1 N–H and O–H groups in total. The monoisotopic (exact) mass is 436 g/mol. The van der Waals surface area contributed by atoms with Gasteiger partial charge in [0.15, 0.2) is 0 Å². The van der Waals surface area contributed by atoms with E-state index in [9.17, 15) is 4.79 Å². The first-order valence-corrected chi connectivity index (χ1v) is 12.1. The molecular formula is C26H36N4O2. The number of carbonyl (C=O) groups excluding carboxylic acids is 1. The average molecular weight is 437 g/mol. The molecule has 0 spiro atoms. The third kappa shape index (κ3) is 5.85. The minimum Gasteiger partial charge on any atom is -0.497 e. The Morgan fingerprint density at radius 3 is 2.81 bits per heavy atom. The van der Waals surface area contributed by atoms with E-state index in [2.05, 4.69) is 15.2 Å². The summed E-state index contributed by atoms with van der Waals surface area (Å²) in [5, 5.41) is 2.98. The zero-order valence-electron chi connectivity index (χ0n) is 19.5. The molecule has 6 nitrogen and oxygen atoms in total. The first-order chi connectivity index (χ1) is 15.6. The normalized spacial score (nSPS) is 20.1. The maximum absolute atomic E-state index is 12.7. The molecule has 1 saturated heterocycles. The van der Waals surface area contributed by atoms with Crippen LogP contribution in [0, 0.1) is 12.8 Å². The number of likely N-dealkylation sites (tertiary alicyclic amines) is 1. The maximum atomic E-state index is 12.7. The van der Waals surface area contributed by atoms with E-state index in [1.54, 1.807) is 13.3 Å². The number of nitrogens with zero attached hydrogens (tertiary/aromatic N) is 3. The minimum atomic E-state index is -0.139. The Hall–Kier alpha value is -2.47. The maximum Gasteiger partial charge on any atom is 0.254 e. The zero-order valence-corrected chi connectivity index (χ0v) is 19.5. The lowest BCUT2D eigenvalue weighted by Crippen LogP contribution is -2.38. The van der Waals surface area contributed by atoms with E-state index in [4.69, 9.17) is 9.72 Å². The average Bonchev–Trinajstić information content (AvgIpc) is 2.83. The Kier molecular flexibility index (Phi) is 7.74. The molecular weight excluding hydrogens is 400 g/mol. The van der Waals surface area contributed by atoms with Crippen LogP contribution in [-0.2, 0) is 6.54 Å². The smallest absolute Gasteiger partial charge is 0.254 e. The summed E-state index contributed by atoms with van der Waals surface area (Å²) in [6.07, 6.45) is 11.0. The van der Waals surface area contributed by atoms with Crippen molar-refractivity contribution in [3.63, 3.8) is 0 Å². The highest BCUT2D eigenvalue weighted by atomic mass is 16.5. The summed E-state index contributed by atoms with van der Waals surface area (Å²) < 4.78 is 5.25. The molecule has 1 aliphatic carbocycles. The van der Waals surface area contributed by atoms with Crippen molar-refractivity contribution in [3.05, 3.63) is 53.1 Å². The van der Waals surface area contributed by atoms with Gasteiger partial charge < -0.3 is 15.0 Å². The van der Waals surface area contributed by atoms with Crippen LogP contribution in [-0.4, -0.2) is 47.5 Å². The van der Waals surface area contributed by atoms with E-state index in [1.807, 2.05) is 31.2 Å². The third-order valence-corrected chi connectivity index (χ3v) is 6.94. The molecule has 0 radical (unpaired) electrons. The van der Waals surface area contributed by atoms with E-state index in [-0.39, 0.29) is 5.91 Å². The number of hydrogen-bond donors (Lipinski definition) is 1. The molecule has 32 heavy (non-hydrogen) atoms. The molecule has 2 fully saturated rings. The van der Waals surface area contributed by atoms with Crippen LogP contribution in [0.2, 0.25) is 0 Å². The summed E-state index contributed by atoms with van der Waals surface area (Å²) in [6, 6.07) is 7.71. The van der Waals surface area contributed by atoms with Gasteiger partial charge in [0, 0.05) is 31.7 Å². The number of aromatic nitrogens is 2. The molecule has 2 aromatic rings. The predicted octanol–water partition coefficient (Wildman–Crippen LogP) is 4.48. The molecule has 2 heterocycles. The van der Waals surface area contributed by atoms with Crippen LogP contribution in [0.3, 0.4) is 0 Å². The highest BCUT2D eigenvalue weighted by Gasteiger charge is 2.26. The third-order valence-electron chi connectivity index (χ3n) is 6.94. The van der Waals surface area contributed by atoms with Crippen LogP contribution in [0.15, 0.2) is 30.5 Å². The molecule has 1 aliphatic heterocycles. The molecule has 1 aromatic carbocycles. The minimum absolute atomic E-state index is 0.139.